The van der Waals surface area contributed by atoms with Crippen LogP contribution in [0.2, 0.25) is 0 Å². The highest BCUT2D eigenvalue weighted by Crippen LogP contribution is 2.38. The summed E-state index contributed by atoms with van der Waals surface area (Å²) in [7, 11) is 0. The summed E-state index contributed by atoms with van der Waals surface area (Å²) in [6.45, 7) is 2.20. The predicted octanol–water partition coefficient (Wildman–Crippen LogP) is 8.50. The Morgan fingerprint density at radius 3 is 2.39 bits per heavy atom. The third-order valence-electron chi connectivity index (χ3n) is 6.22. The first-order valence-electron chi connectivity index (χ1n) is 12.5. The van der Waals surface area contributed by atoms with Crippen molar-refractivity contribution in [2.45, 2.75) is 20.7 Å². The molecular weight excluding hydrogens is 420 g/mol. The molecule has 3 heteroatoms. The monoisotopic (exact) mass is 447 g/mol. The summed E-state index contributed by atoms with van der Waals surface area (Å²) in [5.74, 6) is 0.857. The van der Waals surface area contributed by atoms with E-state index in [0.717, 1.165) is 38.2 Å². The van der Waals surface area contributed by atoms with Gasteiger partial charge in [-0.25, -0.2) is 4.98 Å². The number of fused-ring (bicyclic) bond motifs is 2. The molecule has 33 heavy (non-hydrogen) atoms. The zero-order valence-corrected chi connectivity index (χ0v) is 19.3. The number of imidazole rings is 1. The number of rotatable bonds is 3. The molecule has 2 nitrogen and oxygen atoms in total. The van der Waals surface area contributed by atoms with E-state index in [2.05, 4.69) is 66.3 Å². The van der Waals surface area contributed by atoms with Gasteiger partial charge in [0.05, 0.1) is 11.0 Å². The van der Waals surface area contributed by atoms with E-state index < -0.39 is 6.85 Å². The van der Waals surface area contributed by atoms with Crippen LogP contribution in [0.3, 0.4) is 0 Å². The van der Waals surface area contributed by atoms with Gasteiger partial charge in [-0.15, -0.1) is 11.3 Å². The van der Waals surface area contributed by atoms with Gasteiger partial charge in [0, 0.05) is 30.8 Å². The van der Waals surface area contributed by atoms with Crippen molar-refractivity contribution in [3.8, 4) is 28.2 Å². The fourth-order valence-electron chi connectivity index (χ4n) is 4.80. The molecule has 0 radical (unpaired) electrons. The summed E-state index contributed by atoms with van der Waals surface area (Å²) in [6, 6.07) is 28.5. The topological polar surface area (TPSA) is 17.8 Å². The zero-order valence-electron chi connectivity index (χ0n) is 21.5. The Morgan fingerprint density at radius 1 is 0.848 bits per heavy atom. The van der Waals surface area contributed by atoms with E-state index in [-0.39, 0.29) is 0 Å². The number of nitrogens with zero attached hydrogens (tertiary/aromatic N) is 2. The van der Waals surface area contributed by atoms with Crippen molar-refractivity contribution in [2.24, 2.45) is 0 Å². The van der Waals surface area contributed by atoms with Gasteiger partial charge in [0.15, 0.2) is 0 Å². The van der Waals surface area contributed by atoms with Crippen LogP contribution in [0.5, 0.6) is 0 Å². The van der Waals surface area contributed by atoms with Crippen molar-refractivity contribution in [3.63, 3.8) is 0 Å². The number of para-hydroxylation sites is 2. The maximum Gasteiger partial charge on any atom is 0.147 e. The van der Waals surface area contributed by atoms with Crippen molar-refractivity contribution < 1.29 is 4.11 Å². The lowest BCUT2D eigenvalue weighted by atomic mass is 9.95. The zero-order chi connectivity index (χ0) is 25.0. The molecule has 4 aromatic carbocycles. The molecule has 0 aliphatic heterocycles. The highest BCUT2D eigenvalue weighted by molar-refractivity contribution is 7.17. The van der Waals surface area contributed by atoms with Gasteiger partial charge in [-0.2, -0.15) is 0 Å². The second kappa shape index (κ2) is 7.72. The molecule has 0 fully saturated rings. The third-order valence-corrected chi connectivity index (χ3v) is 7.16. The van der Waals surface area contributed by atoms with Crippen LogP contribution in [0.1, 0.15) is 20.8 Å². The third kappa shape index (κ3) is 3.28. The number of hydrogen-bond acceptors (Lipinski definition) is 2. The van der Waals surface area contributed by atoms with Crippen LogP contribution in [0.25, 0.3) is 49.3 Å². The minimum absolute atomic E-state index is 0.361. The van der Waals surface area contributed by atoms with E-state index in [0.29, 0.717) is 5.56 Å². The van der Waals surface area contributed by atoms with Crippen molar-refractivity contribution in [1.29, 1.82) is 0 Å². The molecule has 2 heterocycles. The van der Waals surface area contributed by atoms with Crippen LogP contribution in [0.15, 0.2) is 90.3 Å². The van der Waals surface area contributed by atoms with Gasteiger partial charge in [-0.3, -0.25) is 4.57 Å². The maximum atomic E-state index is 7.78. The molecule has 6 rings (SSSR count). The number of aromatic nitrogens is 2. The van der Waals surface area contributed by atoms with Gasteiger partial charge in [0.1, 0.15) is 5.82 Å². The first-order valence-corrected chi connectivity index (χ1v) is 11.9. The van der Waals surface area contributed by atoms with Gasteiger partial charge < -0.3 is 0 Å². The lowest BCUT2D eigenvalue weighted by molar-refractivity contribution is 1.10. The van der Waals surface area contributed by atoms with E-state index in [1.807, 2.05) is 30.3 Å². The summed E-state index contributed by atoms with van der Waals surface area (Å²) in [4.78, 5) is 5.05. The Kier molecular flexibility index (Phi) is 3.95. The Bertz CT molecular complexity index is 1720. The molecule has 6 aromatic rings. The highest BCUT2D eigenvalue weighted by atomic mass is 32.1. The molecule has 0 amide bonds. The fraction of sp³-hybridized carbons (Fsp3) is 0.100. The SMILES string of the molecule is [2H]C([2H])([2H])c1ccc2c(-c3nc4ccccc4n3-c3cc(C)c(-c4ccccc4)c(C)c3)csc2c1. The minimum atomic E-state index is -2.12. The molecule has 0 aliphatic carbocycles. The Labute approximate surface area is 202 Å². The van der Waals surface area contributed by atoms with Crippen molar-refractivity contribution in [1.82, 2.24) is 9.55 Å². The average Bonchev–Trinajstić information content (AvgIpc) is 3.44. The summed E-state index contributed by atoms with van der Waals surface area (Å²) >= 11 is 1.56. The van der Waals surface area contributed by atoms with Crippen LogP contribution >= 0.6 is 11.3 Å². The molecule has 0 saturated carbocycles. The second-order valence-electron chi connectivity index (χ2n) is 8.44. The predicted molar refractivity (Wildman–Crippen MR) is 142 cm³/mol. The summed E-state index contributed by atoms with van der Waals surface area (Å²) < 4.78 is 26.5. The summed E-state index contributed by atoms with van der Waals surface area (Å²) in [6.07, 6.45) is 0. The number of hydrogen-bond donors (Lipinski definition) is 0. The molecule has 0 aliphatic rings. The highest BCUT2D eigenvalue weighted by Gasteiger charge is 2.19. The van der Waals surface area contributed by atoms with Crippen LogP contribution in [0.4, 0.5) is 0 Å². The van der Waals surface area contributed by atoms with Gasteiger partial charge in [0.2, 0.25) is 0 Å². The molecule has 0 atom stereocenters. The normalized spacial score (nSPS) is 13.2. The fourth-order valence-corrected chi connectivity index (χ4v) is 5.78. The first kappa shape index (κ1) is 16.9. The lowest BCUT2D eigenvalue weighted by Crippen LogP contribution is -2.00. The lowest BCUT2D eigenvalue weighted by Gasteiger charge is -2.16. The van der Waals surface area contributed by atoms with E-state index >= 15 is 0 Å². The number of aryl methyl sites for hydroxylation is 3. The first-order chi connectivity index (χ1) is 17.3. The van der Waals surface area contributed by atoms with E-state index in [9.17, 15) is 0 Å². The molecule has 2 aromatic heterocycles. The largest absolute Gasteiger partial charge is 0.292 e. The van der Waals surface area contributed by atoms with E-state index in [1.54, 1.807) is 23.5 Å². The van der Waals surface area contributed by atoms with Crippen LogP contribution in [-0.2, 0) is 0 Å². The van der Waals surface area contributed by atoms with Gasteiger partial charge in [-0.05, 0) is 78.8 Å². The molecular formula is C30H24N2S. The van der Waals surface area contributed by atoms with Crippen molar-refractivity contribution >= 4 is 32.5 Å². The van der Waals surface area contributed by atoms with Gasteiger partial charge in [0.25, 0.3) is 0 Å². The minimum Gasteiger partial charge on any atom is -0.292 e. The molecule has 0 spiro atoms. The number of benzene rings is 4. The smallest absolute Gasteiger partial charge is 0.147 e. The molecule has 0 bridgehead atoms. The summed E-state index contributed by atoms with van der Waals surface area (Å²) in [5, 5.41) is 3.10. The van der Waals surface area contributed by atoms with Crippen molar-refractivity contribution in [2.75, 3.05) is 0 Å². The number of thiophene rings is 1. The van der Waals surface area contributed by atoms with Gasteiger partial charge >= 0.3 is 0 Å². The second-order valence-corrected chi connectivity index (χ2v) is 9.35. The maximum absolute atomic E-state index is 7.78. The van der Waals surface area contributed by atoms with Crippen LogP contribution < -0.4 is 0 Å². The van der Waals surface area contributed by atoms with Crippen LogP contribution in [-0.4, -0.2) is 9.55 Å². The Balaban J connectivity index is 1.58. The average molecular weight is 448 g/mol. The molecule has 160 valence electrons. The molecule has 0 N–H and O–H groups in total. The molecule has 0 saturated heterocycles. The standard InChI is InChI=1S/C30H24N2S/c1-19-13-14-24-25(18-33-28(24)15-19)30-31-26-11-7-8-12-27(26)32(30)23-16-20(2)29(21(3)17-23)22-9-5-4-6-10-22/h4-18H,1-3H3/i1D3. The van der Waals surface area contributed by atoms with E-state index in [4.69, 9.17) is 9.10 Å². The molecule has 0 unspecified atom stereocenters. The van der Waals surface area contributed by atoms with Crippen LogP contribution in [0, 0.1) is 20.7 Å². The Hall–Kier alpha value is -3.69. The summed E-state index contributed by atoms with van der Waals surface area (Å²) in [5.41, 5.74) is 9.27. The quantitative estimate of drug-likeness (QED) is 0.266. The van der Waals surface area contributed by atoms with E-state index in [1.165, 1.54) is 22.3 Å². The van der Waals surface area contributed by atoms with Gasteiger partial charge in [-0.1, -0.05) is 54.6 Å². The van der Waals surface area contributed by atoms with Crippen molar-refractivity contribution in [3.05, 3.63) is 107 Å². The Morgan fingerprint density at radius 2 is 1.61 bits per heavy atom.